The summed E-state index contributed by atoms with van der Waals surface area (Å²) in [7, 11) is 0. The van der Waals surface area contributed by atoms with Crippen LogP contribution in [0.2, 0.25) is 0 Å². The first-order valence-electron chi connectivity index (χ1n) is 2.49. The van der Waals surface area contributed by atoms with Gasteiger partial charge >= 0.3 is 5.97 Å². The molecule has 6 heteroatoms. The Bertz CT molecular complexity index is 246. The minimum absolute atomic E-state index is 0.163. The molecule has 2 N–H and O–H groups in total. The lowest BCUT2D eigenvalue weighted by molar-refractivity contribution is -0.136. The second-order valence-electron chi connectivity index (χ2n) is 1.65. The molecule has 0 aromatic carbocycles. The molecule has 10 heavy (non-hydrogen) atoms. The highest BCUT2D eigenvalue weighted by Crippen LogP contribution is 1.96. The second-order valence-corrected chi connectivity index (χ2v) is 2.03. The zero-order chi connectivity index (χ0) is 7.56. The Morgan fingerprint density at radius 1 is 1.70 bits per heavy atom. The molecular weight excluding hydrogens is 154 g/mol. The Morgan fingerprint density at radius 3 is 2.80 bits per heavy atom. The van der Waals surface area contributed by atoms with Crippen molar-refractivity contribution >= 4 is 18.6 Å². The number of hydrogen-bond donors (Lipinski definition) is 2. The molecule has 1 heterocycles. The van der Waals surface area contributed by atoms with Crippen molar-refractivity contribution in [1.82, 2.24) is 15.2 Å². The molecule has 0 aliphatic rings. The molecule has 0 amide bonds. The van der Waals surface area contributed by atoms with Gasteiger partial charge in [0.2, 0.25) is 5.16 Å². The van der Waals surface area contributed by atoms with Gasteiger partial charge in [0.15, 0.2) is 0 Å². The van der Waals surface area contributed by atoms with E-state index in [-0.39, 0.29) is 17.4 Å². The number of H-pyrrole nitrogens is 1. The molecule has 53 valence electrons. The summed E-state index contributed by atoms with van der Waals surface area (Å²) in [5.74, 6) is -0.663. The van der Waals surface area contributed by atoms with Gasteiger partial charge in [-0.05, 0) is 12.6 Å². The SMILES string of the molecule is O=C(O)Cc1nnc([S])[nH]1. The lowest BCUT2D eigenvalue weighted by Gasteiger charge is -1.84. The van der Waals surface area contributed by atoms with E-state index < -0.39 is 5.97 Å². The molecule has 1 aromatic rings. The van der Waals surface area contributed by atoms with Crippen LogP contribution in [0, 0.1) is 0 Å². The van der Waals surface area contributed by atoms with E-state index in [1.54, 1.807) is 0 Å². The van der Waals surface area contributed by atoms with Gasteiger partial charge in [0.1, 0.15) is 12.2 Å². The van der Waals surface area contributed by atoms with Crippen LogP contribution in [0.25, 0.3) is 0 Å². The Morgan fingerprint density at radius 2 is 2.40 bits per heavy atom. The molecular formula is C4H4N3O2S. The summed E-state index contributed by atoms with van der Waals surface area (Å²) in [6.07, 6.45) is -0.163. The highest BCUT2D eigenvalue weighted by Gasteiger charge is 2.04. The first-order chi connectivity index (χ1) is 4.68. The van der Waals surface area contributed by atoms with Crippen LogP contribution in [0.1, 0.15) is 5.82 Å². The third kappa shape index (κ3) is 1.66. The van der Waals surface area contributed by atoms with Crippen molar-refractivity contribution in [3.05, 3.63) is 5.82 Å². The molecule has 0 aliphatic carbocycles. The first-order valence-corrected chi connectivity index (χ1v) is 2.89. The van der Waals surface area contributed by atoms with Crippen LogP contribution in [-0.2, 0) is 11.2 Å². The number of aromatic nitrogens is 3. The first kappa shape index (κ1) is 6.94. The molecule has 0 unspecified atom stereocenters. The molecule has 1 rings (SSSR count). The van der Waals surface area contributed by atoms with E-state index in [2.05, 4.69) is 27.8 Å². The number of nitrogens with one attached hydrogen (secondary N) is 1. The van der Waals surface area contributed by atoms with Crippen LogP contribution in [0.3, 0.4) is 0 Å². The van der Waals surface area contributed by atoms with Crippen molar-refractivity contribution in [3.63, 3.8) is 0 Å². The maximum Gasteiger partial charge on any atom is 0.311 e. The molecule has 1 radical (unpaired) electrons. The summed E-state index contributed by atoms with van der Waals surface area (Å²) < 4.78 is 0. The minimum Gasteiger partial charge on any atom is -0.481 e. The maximum absolute atomic E-state index is 10.1. The summed E-state index contributed by atoms with van der Waals surface area (Å²) in [6.45, 7) is 0. The lowest BCUT2D eigenvalue weighted by Crippen LogP contribution is -2.01. The van der Waals surface area contributed by atoms with E-state index in [0.29, 0.717) is 0 Å². The number of carboxylic acids is 1. The topological polar surface area (TPSA) is 78.9 Å². The van der Waals surface area contributed by atoms with Crippen LogP contribution >= 0.6 is 12.6 Å². The van der Waals surface area contributed by atoms with Crippen LogP contribution in [0.4, 0.5) is 0 Å². The van der Waals surface area contributed by atoms with E-state index in [4.69, 9.17) is 5.11 Å². The molecule has 0 bridgehead atoms. The van der Waals surface area contributed by atoms with E-state index in [1.165, 1.54) is 0 Å². The summed E-state index contributed by atoms with van der Waals surface area (Å²) in [4.78, 5) is 12.6. The Hall–Kier alpha value is -1.17. The number of nitrogens with zero attached hydrogens (tertiary/aromatic N) is 2. The normalized spacial score (nSPS) is 9.60. The molecule has 0 fully saturated rings. The summed E-state index contributed by atoms with van der Waals surface area (Å²) in [6, 6.07) is 0. The van der Waals surface area contributed by atoms with Gasteiger partial charge in [-0.25, -0.2) is 0 Å². The number of rotatable bonds is 2. The van der Waals surface area contributed by atoms with Gasteiger partial charge in [0, 0.05) is 0 Å². The summed E-state index contributed by atoms with van der Waals surface area (Å²) in [5, 5.41) is 15.4. The molecule has 5 nitrogen and oxygen atoms in total. The van der Waals surface area contributed by atoms with Gasteiger partial charge < -0.3 is 10.1 Å². The number of hydrogen-bond acceptors (Lipinski definition) is 3. The summed E-state index contributed by atoms with van der Waals surface area (Å²) in [5.41, 5.74) is 0. The molecule has 0 aliphatic heterocycles. The average molecular weight is 158 g/mol. The predicted octanol–water partition coefficient (Wildman–Crippen LogP) is -0.0118. The maximum atomic E-state index is 10.1. The smallest absolute Gasteiger partial charge is 0.311 e. The Kier molecular flexibility index (Phi) is 1.81. The van der Waals surface area contributed by atoms with Crippen LogP contribution in [0.5, 0.6) is 0 Å². The van der Waals surface area contributed by atoms with E-state index in [0.717, 1.165) is 0 Å². The van der Waals surface area contributed by atoms with Gasteiger partial charge in [0.25, 0.3) is 0 Å². The van der Waals surface area contributed by atoms with Gasteiger partial charge in [-0.2, -0.15) is 0 Å². The molecule has 1 aromatic heterocycles. The number of aromatic amines is 1. The van der Waals surface area contributed by atoms with E-state index in [1.807, 2.05) is 0 Å². The standard InChI is InChI=1S/C4H4N3O2S/c8-3(9)1-2-5-4(10)7-6-2/h1H2,(H,8,9)(H,5,6,7). The van der Waals surface area contributed by atoms with Gasteiger partial charge in [-0.1, -0.05) is 0 Å². The van der Waals surface area contributed by atoms with Crippen molar-refractivity contribution in [1.29, 1.82) is 0 Å². The van der Waals surface area contributed by atoms with E-state index >= 15 is 0 Å². The fourth-order valence-corrected chi connectivity index (χ4v) is 0.661. The van der Waals surface area contributed by atoms with Gasteiger partial charge in [-0.15, -0.1) is 10.2 Å². The predicted molar refractivity (Wildman–Crippen MR) is 33.6 cm³/mol. The average Bonchev–Trinajstić information content (AvgIpc) is 2.13. The third-order valence-corrected chi connectivity index (χ3v) is 1.02. The van der Waals surface area contributed by atoms with Crippen molar-refractivity contribution < 1.29 is 9.90 Å². The molecule has 0 atom stereocenters. The van der Waals surface area contributed by atoms with Crippen LogP contribution in [0.15, 0.2) is 5.16 Å². The summed E-state index contributed by atoms with van der Waals surface area (Å²) >= 11 is 4.56. The zero-order valence-corrected chi connectivity index (χ0v) is 5.68. The molecule has 0 saturated carbocycles. The van der Waals surface area contributed by atoms with E-state index in [9.17, 15) is 4.79 Å². The Labute approximate surface area is 61.9 Å². The zero-order valence-electron chi connectivity index (χ0n) is 4.87. The second kappa shape index (κ2) is 2.61. The highest BCUT2D eigenvalue weighted by molar-refractivity contribution is 7.80. The number of carbonyl (C=O) groups is 1. The van der Waals surface area contributed by atoms with Crippen molar-refractivity contribution in [2.75, 3.05) is 0 Å². The lowest BCUT2D eigenvalue weighted by atomic mass is 10.4. The van der Waals surface area contributed by atoms with Crippen molar-refractivity contribution in [2.24, 2.45) is 0 Å². The molecule has 0 saturated heterocycles. The highest BCUT2D eigenvalue weighted by atomic mass is 32.1. The van der Waals surface area contributed by atoms with Crippen LogP contribution in [-0.4, -0.2) is 26.3 Å². The van der Waals surface area contributed by atoms with Crippen LogP contribution < -0.4 is 0 Å². The monoisotopic (exact) mass is 158 g/mol. The van der Waals surface area contributed by atoms with Gasteiger partial charge in [-0.3, -0.25) is 4.79 Å². The van der Waals surface area contributed by atoms with Crippen molar-refractivity contribution in [3.8, 4) is 0 Å². The minimum atomic E-state index is -0.953. The Balaban J connectivity index is 2.67. The number of carboxylic acid groups (broad SMARTS) is 1. The van der Waals surface area contributed by atoms with Crippen molar-refractivity contribution in [2.45, 2.75) is 11.6 Å². The third-order valence-electron chi connectivity index (χ3n) is 0.831. The largest absolute Gasteiger partial charge is 0.481 e. The number of aliphatic carboxylic acids is 1. The van der Waals surface area contributed by atoms with Gasteiger partial charge in [0.05, 0.1) is 0 Å². The quantitative estimate of drug-likeness (QED) is 0.634. The fraction of sp³-hybridized carbons (Fsp3) is 0.250. The fourth-order valence-electron chi connectivity index (χ4n) is 0.502. The molecule has 0 spiro atoms.